The summed E-state index contributed by atoms with van der Waals surface area (Å²) in [5.74, 6) is 0.671. The first-order valence-corrected chi connectivity index (χ1v) is 6.75. The molecule has 0 radical (unpaired) electrons. The summed E-state index contributed by atoms with van der Waals surface area (Å²) in [6.45, 7) is 7.91. The van der Waals surface area contributed by atoms with E-state index in [0.717, 1.165) is 31.5 Å². The minimum absolute atomic E-state index is 0.00285. The van der Waals surface area contributed by atoms with Crippen LogP contribution in [0.5, 0.6) is 5.75 Å². The first kappa shape index (κ1) is 13.3. The molecule has 0 spiro atoms. The molecule has 0 saturated carbocycles. The molecule has 0 amide bonds. The number of benzene rings is 1. The van der Waals surface area contributed by atoms with E-state index in [9.17, 15) is 4.39 Å². The van der Waals surface area contributed by atoms with Gasteiger partial charge < -0.3 is 10.1 Å². The van der Waals surface area contributed by atoms with Gasteiger partial charge in [-0.2, -0.15) is 0 Å². The predicted molar refractivity (Wildman–Crippen MR) is 71.7 cm³/mol. The van der Waals surface area contributed by atoms with Gasteiger partial charge in [-0.05, 0) is 75.9 Å². The molecule has 0 atom stereocenters. The van der Waals surface area contributed by atoms with Crippen molar-refractivity contribution >= 4 is 0 Å². The maximum Gasteiger partial charge on any atom is 0.165 e. The van der Waals surface area contributed by atoms with E-state index >= 15 is 0 Å². The topological polar surface area (TPSA) is 21.3 Å². The highest BCUT2D eigenvalue weighted by Crippen LogP contribution is 2.32. The second-order valence-corrected chi connectivity index (χ2v) is 5.33. The van der Waals surface area contributed by atoms with Crippen molar-refractivity contribution in [2.45, 2.75) is 45.6 Å². The number of nitrogens with one attached hydrogen (secondary N) is 1. The molecule has 1 aromatic carbocycles. The van der Waals surface area contributed by atoms with Gasteiger partial charge in [-0.1, -0.05) is 0 Å². The van der Waals surface area contributed by atoms with E-state index in [2.05, 4.69) is 5.32 Å². The van der Waals surface area contributed by atoms with Crippen molar-refractivity contribution in [1.29, 1.82) is 0 Å². The average Bonchev–Trinajstić information content (AvgIpc) is 2.33. The lowest BCUT2D eigenvalue weighted by Gasteiger charge is -2.25. The van der Waals surface area contributed by atoms with Crippen molar-refractivity contribution in [1.82, 2.24) is 5.32 Å². The zero-order valence-electron chi connectivity index (χ0n) is 11.4. The van der Waals surface area contributed by atoms with Gasteiger partial charge in [0.05, 0.1) is 6.10 Å². The molecule has 1 aliphatic heterocycles. The van der Waals surface area contributed by atoms with Crippen LogP contribution in [0.15, 0.2) is 12.1 Å². The second kappa shape index (κ2) is 5.70. The maximum atomic E-state index is 13.8. The summed E-state index contributed by atoms with van der Waals surface area (Å²) in [5.41, 5.74) is 2.28. The number of rotatable bonds is 3. The Balaban J connectivity index is 2.28. The Morgan fingerprint density at radius 2 is 1.94 bits per heavy atom. The van der Waals surface area contributed by atoms with Crippen molar-refractivity contribution in [3.8, 4) is 5.75 Å². The normalized spacial score (nSPS) is 17.2. The molecule has 2 nitrogen and oxygen atoms in total. The van der Waals surface area contributed by atoms with Crippen LogP contribution in [0.3, 0.4) is 0 Å². The molecular formula is C15H22FNO. The molecule has 1 saturated heterocycles. The molecule has 1 heterocycles. The third-order valence-electron chi connectivity index (χ3n) is 3.46. The smallest absolute Gasteiger partial charge is 0.165 e. The van der Waals surface area contributed by atoms with Crippen molar-refractivity contribution in [3.63, 3.8) is 0 Å². The quantitative estimate of drug-likeness (QED) is 0.889. The minimum atomic E-state index is -0.251. The lowest BCUT2D eigenvalue weighted by Crippen LogP contribution is -2.27. The molecule has 100 valence electrons. The fourth-order valence-corrected chi connectivity index (χ4v) is 2.59. The Morgan fingerprint density at radius 1 is 1.28 bits per heavy atom. The van der Waals surface area contributed by atoms with Crippen LogP contribution in [0, 0.1) is 12.7 Å². The molecule has 1 aromatic rings. The number of hydrogen-bond acceptors (Lipinski definition) is 2. The number of hydrogen-bond donors (Lipinski definition) is 1. The van der Waals surface area contributed by atoms with E-state index < -0.39 is 0 Å². The molecule has 1 N–H and O–H groups in total. The molecule has 0 bridgehead atoms. The lowest BCUT2D eigenvalue weighted by molar-refractivity contribution is 0.230. The predicted octanol–water partition coefficient (Wildman–Crippen LogP) is 3.39. The van der Waals surface area contributed by atoms with E-state index in [1.165, 1.54) is 5.56 Å². The number of piperidine rings is 1. The number of halogens is 1. The van der Waals surface area contributed by atoms with Gasteiger partial charge in [-0.15, -0.1) is 0 Å². The van der Waals surface area contributed by atoms with Crippen LogP contribution in [0.2, 0.25) is 0 Å². The van der Waals surface area contributed by atoms with E-state index in [1.807, 2.05) is 26.8 Å². The summed E-state index contributed by atoms with van der Waals surface area (Å²) in [6, 6.07) is 3.51. The Hall–Kier alpha value is -1.09. The zero-order valence-corrected chi connectivity index (χ0v) is 11.4. The highest BCUT2D eigenvalue weighted by molar-refractivity contribution is 5.39. The second-order valence-electron chi connectivity index (χ2n) is 5.33. The zero-order chi connectivity index (χ0) is 13.1. The highest BCUT2D eigenvalue weighted by atomic mass is 19.1. The maximum absolute atomic E-state index is 13.8. The molecule has 1 aliphatic rings. The SMILES string of the molecule is Cc1cc(F)c(OC(C)C)cc1C1CCNCC1. The summed E-state index contributed by atoms with van der Waals surface area (Å²) in [4.78, 5) is 0. The van der Waals surface area contributed by atoms with Gasteiger partial charge in [0.1, 0.15) is 0 Å². The van der Waals surface area contributed by atoms with E-state index in [1.54, 1.807) is 6.07 Å². The van der Waals surface area contributed by atoms with Crippen LogP contribution < -0.4 is 10.1 Å². The Bertz CT molecular complexity index is 411. The van der Waals surface area contributed by atoms with Gasteiger partial charge in [-0.25, -0.2) is 4.39 Å². The van der Waals surface area contributed by atoms with Gasteiger partial charge in [0.25, 0.3) is 0 Å². The average molecular weight is 251 g/mol. The van der Waals surface area contributed by atoms with Gasteiger partial charge in [0, 0.05) is 0 Å². The van der Waals surface area contributed by atoms with Crippen molar-refractivity contribution in [2.24, 2.45) is 0 Å². The Morgan fingerprint density at radius 3 is 2.56 bits per heavy atom. The fourth-order valence-electron chi connectivity index (χ4n) is 2.59. The van der Waals surface area contributed by atoms with Crippen LogP contribution in [0.1, 0.15) is 43.7 Å². The first-order valence-electron chi connectivity index (χ1n) is 6.75. The van der Waals surface area contributed by atoms with E-state index in [4.69, 9.17) is 4.74 Å². The van der Waals surface area contributed by atoms with Crippen LogP contribution in [0.4, 0.5) is 4.39 Å². The molecule has 1 fully saturated rings. The molecular weight excluding hydrogens is 229 g/mol. The Kier molecular flexibility index (Phi) is 4.23. The monoisotopic (exact) mass is 251 g/mol. The van der Waals surface area contributed by atoms with Crippen LogP contribution in [0.25, 0.3) is 0 Å². The third kappa shape index (κ3) is 3.02. The van der Waals surface area contributed by atoms with Crippen LogP contribution in [-0.2, 0) is 0 Å². The number of ether oxygens (including phenoxy) is 1. The molecule has 3 heteroatoms. The Labute approximate surface area is 109 Å². The van der Waals surface area contributed by atoms with E-state index in [-0.39, 0.29) is 11.9 Å². The van der Waals surface area contributed by atoms with Gasteiger partial charge in [0.2, 0.25) is 0 Å². The van der Waals surface area contributed by atoms with Crippen molar-refractivity contribution in [2.75, 3.05) is 13.1 Å². The van der Waals surface area contributed by atoms with Crippen LogP contribution in [-0.4, -0.2) is 19.2 Å². The summed E-state index contributed by atoms with van der Waals surface area (Å²) in [7, 11) is 0. The van der Waals surface area contributed by atoms with Crippen molar-refractivity contribution < 1.29 is 9.13 Å². The molecule has 0 unspecified atom stereocenters. The summed E-state index contributed by atoms with van der Waals surface area (Å²) < 4.78 is 19.4. The van der Waals surface area contributed by atoms with Gasteiger partial charge in [0.15, 0.2) is 11.6 Å². The minimum Gasteiger partial charge on any atom is -0.488 e. The van der Waals surface area contributed by atoms with Crippen molar-refractivity contribution in [3.05, 3.63) is 29.1 Å². The number of aryl methyl sites for hydroxylation is 1. The van der Waals surface area contributed by atoms with E-state index in [0.29, 0.717) is 11.7 Å². The highest BCUT2D eigenvalue weighted by Gasteiger charge is 2.19. The first-order chi connectivity index (χ1) is 8.58. The van der Waals surface area contributed by atoms with Crippen LogP contribution >= 0.6 is 0 Å². The molecule has 0 aliphatic carbocycles. The molecule has 18 heavy (non-hydrogen) atoms. The molecule has 2 rings (SSSR count). The third-order valence-corrected chi connectivity index (χ3v) is 3.46. The van der Waals surface area contributed by atoms with Gasteiger partial charge in [-0.3, -0.25) is 0 Å². The summed E-state index contributed by atoms with van der Waals surface area (Å²) in [5, 5.41) is 3.36. The van der Waals surface area contributed by atoms with Gasteiger partial charge >= 0.3 is 0 Å². The summed E-state index contributed by atoms with van der Waals surface area (Å²) in [6.07, 6.45) is 2.24. The molecule has 0 aromatic heterocycles. The standard InChI is InChI=1S/C15H22FNO/c1-10(2)18-15-9-13(11(3)8-14(15)16)12-4-6-17-7-5-12/h8-10,12,17H,4-7H2,1-3H3. The fraction of sp³-hybridized carbons (Fsp3) is 0.600. The summed E-state index contributed by atoms with van der Waals surface area (Å²) >= 11 is 0. The lowest BCUT2D eigenvalue weighted by atomic mass is 9.87. The largest absolute Gasteiger partial charge is 0.488 e.